The second-order valence-electron chi connectivity index (χ2n) is 4.82. The minimum absolute atomic E-state index is 0.216. The Morgan fingerprint density at radius 2 is 1.60 bits per heavy atom. The zero-order chi connectivity index (χ0) is 18.6. The molecule has 2 aromatic rings. The molecular formula is C15H17IN4O5. The molecule has 1 aromatic carbocycles. The Kier molecular flexibility index (Phi) is 6.07. The molecule has 0 saturated heterocycles. The standard InChI is InChI=1S/C15H17IN4O5/c1-20-7-9(16)12(19-20)15(22)18-17-14(21)8-5-10(23-2)13(25-4)11(6-8)24-3/h5-7H,1-4H3,(H,17,21)(H,18,22). The van der Waals surface area contributed by atoms with Crippen molar-refractivity contribution in [3.63, 3.8) is 0 Å². The largest absolute Gasteiger partial charge is 0.493 e. The van der Waals surface area contributed by atoms with Gasteiger partial charge in [-0.05, 0) is 34.7 Å². The number of aryl methyl sites for hydroxylation is 1. The molecule has 0 atom stereocenters. The number of nitrogens with zero attached hydrogens (tertiary/aromatic N) is 2. The number of ether oxygens (including phenoxy) is 3. The SMILES string of the molecule is COc1cc(C(=O)NNC(=O)c2nn(C)cc2I)cc(OC)c1OC. The fourth-order valence-electron chi connectivity index (χ4n) is 2.07. The quantitative estimate of drug-likeness (QED) is 0.512. The van der Waals surface area contributed by atoms with E-state index < -0.39 is 11.8 Å². The fourth-order valence-corrected chi connectivity index (χ4v) is 2.83. The van der Waals surface area contributed by atoms with Gasteiger partial charge in [-0.3, -0.25) is 25.1 Å². The molecule has 0 aliphatic heterocycles. The maximum atomic E-state index is 12.3. The van der Waals surface area contributed by atoms with Crippen molar-refractivity contribution in [3.8, 4) is 17.2 Å². The molecule has 0 radical (unpaired) electrons. The van der Waals surface area contributed by atoms with Crippen LogP contribution in [0.3, 0.4) is 0 Å². The maximum Gasteiger partial charge on any atom is 0.291 e. The van der Waals surface area contributed by atoms with Crippen molar-refractivity contribution >= 4 is 34.4 Å². The molecule has 2 N–H and O–H groups in total. The predicted octanol–water partition coefficient (Wildman–Crippen LogP) is 1.13. The Labute approximate surface area is 157 Å². The minimum Gasteiger partial charge on any atom is -0.493 e. The van der Waals surface area contributed by atoms with Crippen LogP contribution in [0.2, 0.25) is 0 Å². The van der Waals surface area contributed by atoms with Crippen LogP contribution < -0.4 is 25.1 Å². The number of carbonyl (C=O) groups excluding carboxylic acids is 2. The first kappa shape index (κ1) is 18.8. The number of hydrogen-bond donors (Lipinski definition) is 2. The zero-order valence-corrected chi connectivity index (χ0v) is 16.2. The smallest absolute Gasteiger partial charge is 0.291 e. The third-order valence-corrected chi connectivity index (χ3v) is 4.01. The van der Waals surface area contributed by atoms with E-state index in [9.17, 15) is 9.59 Å². The summed E-state index contributed by atoms with van der Waals surface area (Å²) in [4.78, 5) is 24.4. The van der Waals surface area contributed by atoms with Crippen LogP contribution in [0.5, 0.6) is 17.2 Å². The van der Waals surface area contributed by atoms with Gasteiger partial charge in [-0.15, -0.1) is 0 Å². The third-order valence-electron chi connectivity index (χ3n) is 3.22. The van der Waals surface area contributed by atoms with Crippen molar-refractivity contribution in [1.29, 1.82) is 0 Å². The summed E-state index contributed by atoms with van der Waals surface area (Å²) in [5.74, 6) is -0.0341. The lowest BCUT2D eigenvalue weighted by atomic mass is 10.1. The molecule has 10 heteroatoms. The Morgan fingerprint density at radius 3 is 2.04 bits per heavy atom. The number of methoxy groups -OCH3 is 3. The molecule has 0 spiro atoms. The predicted molar refractivity (Wildman–Crippen MR) is 97.0 cm³/mol. The van der Waals surface area contributed by atoms with Gasteiger partial charge in [-0.2, -0.15) is 5.10 Å². The highest BCUT2D eigenvalue weighted by atomic mass is 127. The van der Waals surface area contributed by atoms with Crippen LogP contribution in [0, 0.1) is 3.57 Å². The van der Waals surface area contributed by atoms with Gasteiger partial charge in [-0.1, -0.05) is 0 Å². The number of halogens is 1. The first-order valence-electron chi connectivity index (χ1n) is 7.01. The number of hydrazine groups is 1. The van der Waals surface area contributed by atoms with Crippen molar-refractivity contribution in [1.82, 2.24) is 20.6 Å². The van der Waals surface area contributed by atoms with Crippen molar-refractivity contribution in [2.75, 3.05) is 21.3 Å². The van der Waals surface area contributed by atoms with Crippen LogP contribution >= 0.6 is 22.6 Å². The lowest BCUT2D eigenvalue weighted by molar-refractivity contribution is 0.0842. The maximum absolute atomic E-state index is 12.3. The second kappa shape index (κ2) is 8.05. The molecule has 0 bridgehead atoms. The summed E-state index contributed by atoms with van der Waals surface area (Å²) < 4.78 is 17.8. The van der Waals surface area contributed by atoms with Crippen LogP contribution in [0.25, 0.3) is 0 Å². The van der Waals surface area contributed by atoms with Gasteiger partial charge in [-0.25, -0.2) is 0 Å². The molecule has 0 unspecified atom stereocenters. The van der Waals surface area contributed by atoms with Crippen molar-refractivity contribution in [2.45, 2.75) is 0 Å². The van der Waals surface area contributed by atoms with Crippen LogP contribution in [-0.2, 0) is 7.05 Å². The highest BCUT2D eigenvalue weighted by Gasteiger charge is 2.19. The normalized spacial score (nSPS) is 10.1. The zero-order valence-electron chi connectivity index (χ0n) is 14.0. The molecule has 25 heavy (non-hydrogen) atoms. The monoisotopic (exact) mass is 460 g/mol. The minimum atomic E-state index is -0.543. The van der Waals surface area contributed by atoms with Crippen LogP contribution in [0.15, 0.2) is 18.3 Å². The Morgan fingerprint density at radius 1 is 1.04 bits per heavy atom. The van der Waals surface area contributed by atoms with Gasteiger partial charge < -0.3 is 14.2 Å². The van der Waals surface area contributed by atoms with E-state index in [1.54, 1.807) is 13.2 Å². The number of aromatic nitrogens is 2. The van der Waals surface area contributed by atoms with E-state index in [0.717, 1.165) is 0 Å². The van der Waals surface area contributed by atoms with E-state index in [0.29, 0.717) is 20.8 Å². The molecule has 0 aliphatic carbocycles. The van der Waals surface area contributed by atoms with Gasteiger partial charge in [0, 0.05) is 18.8 Å². The van der Waals surface area contributed by atoms with Crippen molar-refractivity contribution in [2.24, 2.45) is 7.05 Å². The number of amides is 2. The number of hydrogen-bond acceptors (Lipinski definition) is 6. The Balaban J connectivity index is 2.15. The van der Waals surface area contributed by atoms with Gasteiger partial charge >= 0.3 is 0 Å². The summed E-state index contributed by atoms with van der Waals surface area (Å²) in [5, 5.41) is 4.03. The van der Waals surface area contributed by atoms with Crippen LogP contribution in [0.1, 0.15) is 20.8 Å². The Bertz CT molecular complexity index is 780. The fraction of sp³-hybridized carbons (Fsp3) is 0.267. The highest BCUT2D eigenvalue weighted by Crippen LogP contribution is 2.38. The molecule has 134 valence electrons. The summed E-state index contributed by atoms with van der Waals surface area (Å²) in [6.07, 6.45) is 1.69. The molecule has 0 fully saturated rings. The summed E-state index contributed by atoms with van der Waals surface area (Å²) in [6.45, 7) is 0. The van der Waals surface area contributed by atoms with Crippen LogP contribution in [0.4, 0.5) is 0 Å². The van der Waals surface area contributed by atoms with Gasteiger partial charge in [0.05, 0.1) is 24.9 Å². The van der Waals surface area contributed by atoms with Crippen molar-refractivity contribution < 1.29 is 23.8 Å². The van der Waals surface area contributed by atoms with Gasteiger partial charge in [0.2, 0.25) is 5.75 Å². The van der Waals surface area contributed by atoms with Crippen LogP contribution in [-0.4, -0.2) is 42.9 Å². The number of rotatable bonds is 5. The molecule has 9 nitrogen and oxygen atoms in total. The number of benzene rings is 1. The van der Waals surface area contributed by atoms with Gasteiger partial charge in [0.1, 0.15) is 0 Å². The topological polar surface area (TPSA) is 104 Å². The van der Waals surface area contributed by atoms with E-state index >= 15 is 0 Å². The molecule has 2 amide bonds. The molecule has 2 rings (SSSR count). The summed E-state index contributed by atoms with van der Waals surface area (Å²) in [5.41, 5.74) is 5.10. The van der Waals surface area contributed by atoms with E-state index in [1.165, 1.54) is 38.1 Å². The van der Waals surface area contributed by atoms with E-state index in [1.807, 2.05) is 22.6 Å². The van der Waals surface area contributed by atoms with Gasteiger partial charge in [0.15, 0.2) is 17.2 Å². The summed E-state index contributed by atoms with van der Waals surface area (Å²) in [6, 6.07) is 2.96. The Hall–Kier alpha value is -2.50. The number of nitrogens with one attached hydrogen (secondary N) is 2. The molecule has 1 heterocycles. The molecule has 0 aliphatic rings. The van der Waals surface area contributed by atoms with E-state index in [4.69, 9.17) is 14.2 Å². The lowest BCUT2D eigenvalue weighted by Crippen LogP contribution is -2.42. The summed E-state index contributed by atoms with van der Waals surface area (Å²) in [7, 11) is 6.07. The third kappa shape index (κ3) is 4.13. The first-order valence-corrected chi connectivity index (χ1v) is 8.09. The second-order valence-corrected chi connectivity index (χ2v) is 5.98. The van der Waals surface area contributed by atoms with Gasteiger partial charge in [0.25, 0.3) is 11.8 Å². The van der Waals surface area contributed by atoms with E-state index in [-0.39, 0.29) is 11.3 Å². The highest BCUT2D eigenvalue weighted by molar-refractivity contribution is 14.1. The molecule has 0 saturated carbocycles. The lowest BCUT2D eigenvalue weighted by Gasteiger charge is -2.14. The molecular weight excluding hydrogens is 443 g/mol. The average Bonchev–Trinajstić information content (AvgIpc) is 2.96. The van der Waals surface area contributed by atoms with Crippen molar-refractivity contribution in [3.05, 3.63) is 33.2 Å². The first-order chi connectivity index (χ1) is 11.9. The number of carbonyl (C=O) groups is 2. The summed E-state index contributed by atoms with van der Waals surface area (Å²) >= 11 is 1.99. The average molecular weight is 460 g/mol. The van der Waals surface area contributed by atoms with E-state index in [2.05, 4.69) is 16.0 Å². The molecule has 1 aromatic heterocycles.